The number of carbonyl (C=O) groups is 1. The lowest BCUT2D eigenvalue weighted by Gasteiger charge is -2.08. The summed E-state index contributed by atoms with van der Waals surface area (Å²) >= 11 is 0. The van der Waals surface area contributed by atoms with E-state index >= 15 is 0 Å². The van der Waals surface area contributed by atoms with Crippen LogP contribution in [0.4, 0.5) is 5.82 Å². The molecule has 5 heteroatoms. The molecule has 1 amide bonds. The van der Waals surface area contributed by atoms with Crippen molar-refractivity contribution in [3.05, 3.63) is 18.6 Å². The fourth-order valence-electron chi connectivity index (χ4n) is 0.947. The second kappa shape index (κ2) is 2.69. The minimum atomic E-state index is -0.0614. The SMILES string of the molecule is O=C1CC=NN1c1ccncn1. The molecule has 60 valence electrons. The zero-order chi connectivity index (χ0) is 8.39. The number of carbonyl (C=O) groups excluding carboxylic acids is 1. The maximum Gasteiger partial charge on any atom is 0.254 e. The molecule has 1 aromatic rings. The summed E-state index contributed by atoms with van der Waals surface area (Å²) in [5.74, 6) is 0.456. The summed E-state index contributed by atoms with van der Waals surface area (Å²) in [7, 11) is 0. The maximum atomic E-state index is 11.1. The van der Waals surface area contributed by atoms with Crippen LogP contribution >= 0.6 is 0 Å². The number of anilines is 1. The van der Waals surface area contributed by atoms with Crippen LogP contribution in [0.5, 0.6) is 0 Å². The second-order valence-electron chi connectivity index (χ2n) is 2.28. The molecule has 1 aliphatic heterocycles. The lowest BCUT2D eigenvalue weighted by atomic mass is 10.4. The lowest BCUT2D eigenvalue weighted by Crippen LogP contribution is -2.20. The summed E-state index contributed by atoms with van der Waals surface area (Å²) < 4.78 is 0. The fourth-order valence-corrected chi connectivity index (χ4v) is 0.947. The van der Waals surface area contributed by atoms with Crippen LogP contribution in [0.15, 0.2) is 23.7 Å². The Bertz CT molecular complexity index is 321. The third-order valence-corrected chi connectivity index (χ3v) is 1.48. The largest absolute Gasteiger partial charge is 0.272 e. The van der Waals surface area contributed by atoms with Gasteiger partial charge in [-0.15, -0.1) is 0 Å². The van der Waals surface area contributed by atoms with E-state index in [-0.39, 0.29) is 5.91 Å². The van der Waals surface area contributed by atoms with Crippen LogP contribution in [-0.2, 0) is 4.79 Å². The van der Waals surface area contributed by atoms with Gasteiger partial charge in [-0.25, -0.2) is 9.97 Å². The molecule has 0 fully saturated rings. The highest BCUT2D eigenvalue weighted by Crippen LogP contribution is 2.13. The van der Waals surface area contributed by atoms with Gasteiger partial charge in [0.15, 0.2) is 5.82 Å². The highest BCUT2D eigenvalue weighted by atomic mass is 16.2. The van der Waals surface area contributed by atoms with Crippen LogP contribution in [0.25, 0.3) is 0 Å². The van der Waals surface area contributed by atoms with Gasteiger partial charge >= 0.3 is 0 Å². The van der Waals surface area contributed by atoms with Crippen molar-refractivity contribution in [2.45, 2.75) is 6.42 Å². The summed E-state index contributed by atoms with van der Waals surface area (Å²) in [5.41, 5.74) is 0. The molecule has 0 aliphatic carbocycles. The van der Waals surface area contributed by atoms with E-state index in [2.05, 4.69) is 15.1 Å². The van der Waals surface area contributed by atoms with Gasteiger partial charge in [0.2, 0.25) is 0 Å². The number of hydrazone groups is 1. The first kappa shape index (κ1) is 6.90. The molecule has 0 bridgehead atoms. The minimum Gasteiger partial charge on any atom is -0.272 e. The number of nitrogens with zero attached hydrogens (tertiary/aromatic N) is 4. The first-order chi connectivity index (χ1) is 5.88. The summed E-state index contributed by atoms with van der Waals surface area (Å²) in [5, 5.41) is 5.12. The van der Waals surface area contributed by atoms with Gasteiger partial charge < -0.3 is 0 Å². The van der Waals surface area contributed by atoms with E-state index in [0.29, 0.717) is 12.2 Å². The molecule has 0 saturated heterocycles. The molecule has 0 saturated carbocycles. The number of amides is 1. The molecule has 12 heavy (non-hydrogen) atoms. The monoisotopic (exact) mass is 162 g/mol. The van der Waals surface area contributed by atoms with Crippen molar-refractivity contribution in [1.82, 2.24) is 9.97 Å². The van der Waals surface area contributed by atoms with Crippen molar-refractivity contribution in [2.24, 2.45) is 5.10 Å². The normalized spacial score (nSPS) is 15.7. The smallest absolute Gasteiger partial charge is 0.254 e. The molecule has 0 unspecified atom stereocenters. The number of hydrogen-bond acceptors (Lipinski definition) is 4. The van der Waals surface area contributed by atoms with E-state index in [1.54, 1.807) is 18.5 Å². The first-order valence-electron chi connectivity index (χ1n) is 3.49. The lowest BCUT2D eigenvalue weighted by molar-refractivity contribution is -0.116. The number of hydrogen-bond donors (Lipinski definition) is 0. The minimum absolute atomic E-state index is 0.0614. The molecule has 0 atom stereocenters. The van der Waals surface area contributed by atoms with Crippen molar-refractivity contribution in [1.29, 1.82) is 0 Å². The van der Waals surface area contributed by atoms with E-state index < -0.39 is 0 Å². The Morgan fingerprint density at radius 3 is 3.00 bits per heavy atom. The number of rotatable bonds is 1. The van der Waals surface area contributed by atoms with Gasteiger partial charge in [0.1, 0.15) is 6.33 Å². The molecular weight excluding hydrogens is 156 g/mol. The maximum absolute atomic E-state index is 11.1. The highest BCUT2D eigenvalue weighted by Gasteiger charge is 2.18. The third kappa shape index (κ3) is 1.05. The van der Waals surface area contributed by atoms with E-state index in [9.17, 15) is 4.79 Å². The van der Waals surface area contributed by atoms with Gasteiger partial charge in [-0.05, 0) is 0 Å². The first-order valence-corrected chi connectivity index (χ1v) is 3.49. The summed E-state index contributed by atoms with van der Waals surface area (Å²) in [6.45, 7) is 0. The molecule has 0 spiro atoms. The standard InChI is InChI=1S/C7H6N4O/c12-7-2-4-10-11(7)6-1-3-8-5-9-6/h1,3-5H,2H2. The van der Waals surface area contributed by atoms with Gasteiger partial charge in [-0.2, -0.15) is 10.1 Å². The molecule has 5 nitrogen and oxygen atoms in total. The van der Waals surface area contributed by atoms with Crippen molar-refractivity contribution in [3.8, 4) is 0 Å². The molecule has 2 heterocycles. The Kier molecular flexibility index (Phi) is 1.55. The van der Waals surface area contributed by atoms with Crippen molar-refractivity contribution >= 4 is 17.9 Å². The molecule has 0 N–H and O–H groups in total. The highest BCUT2D eigenvalue weighted by molar-refractivity contribution is 6.04. The molecular formula is C7H6N4O. The topological polar surface area (TPSA) is 58.5 Å². The molecule has 2 rings (SSSR count). The van der Waals surface area contributed by atoms with Gasteiger partial charge in [-0.1, -0.05) is 0 Å². The van der Waals surface area contributed by atoms with Gasteiger partial charge in [0, 0.05) is 18.5 Å². The Hall–Kier alpha value is -1.78. The molecule has 0 aromatic carbocycles. The van der Waals surface area contributed by atoms with E-state index in [4.69, 9.17) is 0 Å². The van der Waals surface area contributed by atoms with Crippen LogP contribution < -0.4 is 5.01 Å². The predicted molar refractivity (Wildman–Crippen MR) is 42.6 cm³/mol. The van der Waals surface area contributed by atoms with Crippen molar-refractivity contribution in [2.75, 3.05) is 5.01 Å². The quantitative estimate of drug-likeness (QED) is 0.592. The van der Waals surface area contributed by atoms with E-state index in [1.165, 1.54) is 11.3 Å². The Morgan fingerprint density at radius 2 is 2.42 bits per heavy atom. The summed E-state index contributed by atoms with van der Waals surface area (Å²) in [6.07, 6.45) is 4.87. The average Bonchev–Trinajstić information content (AvgIpc) is 2.53. The van der Waals surface area contributed by atoms with Crippen LogP contribution in [0.1, 0.15) is 6.42 Å². The second-order valence-corrected chi connectivity index (χ2v) is 2.28. The molecule has 0 radical (unpaired) electrons. The number of aromatic nitrogens is 2. The molecule has 1 aliphatic rings. The average molecular weight is 162 g/mol. The Balaban J connectivity index is 2.31. The van der Waals surface area contributed by atoms with Crippen molar-refractivity contribution in [3.63, 3.8) is 0 Å². The summed E-state index contributed by atoms with van der Waals surface area (Å²) in [6, 6.07) is 1.64. The van der Waals surface area contributed by atoms with Gasteiger partial charge in [0.05, 0.1) is 6.42 Å². The van der Waals surface area contributed by atoms with E-state index in [1.807, 2.05) is 0 Å². The van der Waals surface area contributed by atoms with Crippen LogP contribution in [-0.4, -0.2) is 22.1 Å². The van der Waals surface area contributed by atoms with Gasteiger partial charge in [0.25, 0.3) is 5.91 Å². The fraction of sp³-hybridized carbons (Fsp3) is 0.143. The van der Waals surface area contributed by atoms with Crippen LogP contribution in [0.2, 0.25) is 0 Å². The Labute approximate surface area is 68.7 Å². The zero-order valence-corrected chi connectivity index (χ0v) is 6.21. The van der Waals surface area contributed by atoms with E-state index in [0.717, 1.165) is 0 Å². The Morgan fingerprint density at radius 1 is 1.50 bits per heavy atom. The van der Waals surface area contributed by atoms with Crippen LogP contribution in [0.3, 0.4) is 0 Å². The predicted octanol–water partition coefficient (Wildman–Crippen LogP) is 0.199. The molecule has 1 aromatic heterocycles. The summed E-state index contributed by atoms with van der Waals surface area (Å²) in [4.78, 5) is 18.7. The van der Waals surface area contributed by atoms with Gasteiger partial charge in [-0.3, -0.25) is 4.79 Å². The van der Waals surface area contributed by atoms with Crippen molar-refractivity contribution < 1.29 is 4.79 Å². The van der Waals surface area contributed by atoms with Crippen LogP contribution in [0, 0.1) is 0 Å². The zero-order valence-electron chi connectivity index (χ0n) is 6.21. The third-order valence-electron chi connectivity index (χ3n) is 1.48.